The summed E-state index contributed by atoms with van der Waals surface area (Å²) in [5, 5.41) is 10.4. The third-order valence-corrected chi connectivity index (χ3v) is 5.01. The van der Waals surface area contributed by atoms with Crippen LogP contribution in [0.15, 0.2) is 24.3 Å². The fourth-order valence-corrected chi connectivity index (χ4v) is 3.19. The predicted octanol–water partition coefficient (Wildman–Crippen LogP) is 4.41. The molecule has 0 bridgehead atoms. The lowest BCUT2D eigenvalue weighted by Crippen LogP contribution is -2.30. The molecule has 0 radical (unpaired) electrons. The first-order valence-corrected chi connectivity index (χ1v) is 7.97. The van der Waals surface area contributed by atoms with Crippen LogP contribution in [0, 0.1) is 14.9 Å². The van der Waals surface area contributed by atoms with E-state index in [0.29, 0.717) is 11.3 Å². The molecule has 1 N–H and O–H groups in total. The van der Waals surface area contributed by atoms with E-state index in [9.17, 15) is 5.11 Å². The minimum Gasteiger partial charge on any atom is -0.392 e. The van der Waals surface area contributed by atoms with Crippen LogP contribution in [0.1, 0.15) is 45.1 Å². The van der Waals surface area contributed by atoms with Crippen LogP contribution in [0.4, 0.5) is 0 Å². The quantitative estimate of drug-likeness (QED) is 0.794. The molecular weight excluding hydrogens is 335 g/mol. The first-order valence-electron chi connectivity index (χ1n) is 6.89. The molecule has 18 heavy (non-hydrogen) atoms. The molecular formula is C16H23IO. The summed E-state index contributed by atoms with van der Waals surface area (Å²) in [6.07, 6.45) is 5.50. The molecule has 1 atom stereocenters. The summed E-state index contributed by atoms with van der Waals surface area (Å²) >= 11 is 2.31. The van der Waals surface area contributed by atoms with Gasteiger partial charge in [0.25, 0.3) is 0 Å². The highest BCUT2D eigenvalue weighted by Gasteiger charge is 2.30. The van der Waals surface area contributed by atoms with E-state index in [2.05, 4.69) is 60.7 Å². The second-order valence-electron chi connectivity index (χ2n) is 6.40. The zero-order valence-electron chi connectivity index (χ0n) is 11.3. The van der Waals surface area contributed by atoms with Crippen LogP contribution in [0.2, 0.25) is 0 Å². The summed E-state index contributed by atoms with van der Waals surface area (Å²) in [5.74, 6) is 0.498. The van der Waals surface area contributed by atoms with Crippen molar-refractivity contribution >= 4 is 22.6 Å². The Morgan fingerprint density at radius 1 is 1.22 bits per heavy atom. The van der Waals surface area contributed by atoms with Crippen LogP contribution in [-0.4, -0.2) is 11.2 Å². The Kier molecular flexibility index (Phi) is 4.70. The van der Waals surface area contributed by atoms with Gasteiger partial charge in [0.15, 0.2) is 0 Å². The van der Waals surface area contributed by atoms with Gasteiger partial charge in [-0.15, -0.1) is 0 Å². The molecule has 100 valence electrons. The molecule has 0 aliphatic heterocycles. The maximum Gasteiger partial charge on any atom is 0.0608 e. The smallest absolute Gasteiger partial charge is 0.0608 e. The van der Waals surface area contributed by atoms with Gasteiger partial charge in [-0.05, 0) is 83.7 Å². The average Bonchev–Trinajstić information content (AvgIpc) is 2.32. The third-order valence-electron chi connectivity index (χ3n) is 4.29. The Hall–Kier alpha value is -0.0900. The van der Waals surface area contributed by atoms with Gasteiger partial charge in [-0.25, -0.2) is 0 Å². The zero-order chi connectivity index (χ0) is 13.2. The number of aliphatic hydroxyl groups excluding tert-OH is 1. The van der Waals surface area contributed by atoms with Crippen molar-refractivity contribution < 1.29 is 5.11 Å². The lowest BCUT2D eigenvalue weighted by molar-refractivity contribution is 0.0576. The van der Waals surface area contributed by atoms with Gasteiger partial charge >= 0.3 is 0 Å². The molecule has 1 saturated carbocycles. The van der Waals surface area contributed by atoms with E-state index < -0.39 is 0 Å². The Morgan fingerprint density at radius 2 is 1.78 bits per heavy atom. The molecule has 0 heterocycles. The zero-order valence-corrected chi connectivity index (χ0v) is 13.5. The Bertz CT molecular complexity index is 373. The van der Waals surface area contributed by atoms with Crippen molar-refractivity contribution in [3.05, 3.63) is 33.4 Å². The van der Waals surface area contributed by atoms with E-state index in [1.807, 2.05) is 0 Å². The normalized spacial score (nSPS) is 21.8. The van der Waals surface area contributed by atoms with E-state index in [1.165, 1.54) is 34.8 Å². The third kappa shape index (κ3) is 3.95. The van der Waals surface area contributed by atoms with Gasteiger partial charge in [0.1, 0.15) is 0 Å². The van der Waals surface area contributed by atoms with Gasteiger partial charge in [-0.2, -0.15) is 0 Å². The van der Waals surface area contributed by atoms with E-state index >= 15 is 0 Å². The molecule has 1 fully saturated rings. The van der Waals surface area contributed by atoms with Crippen LogP contribution in [0.5, 0.6) is 0 Å². The fraction of sp³-hybridized carbons (Fsp3) is 0.625. The monoisotopic (exact) mass is 358 g/mol. The molecule has 1 aromatic rings. The van der Waals surface area contributed by atoms with Gasteiger partial charge in [0.05, 0.1) is 6.10 Å². The fourth-order valence-electron chi connectivity index (χ4n) is 2.84. The molecule has 2 rings (SSSR count). The van der Waals surface area contributed by atoms with Crippen LogP contribution in [-0.2, 0) is 6.42 Å². The molecule has 0 amide bonds. The second kappa shape index (κ2) is 5.91. The SMILES string of the molecule is CC1(C)CCC(C(O)Cc2ccc(I)cc2)CC1. The van der Waals surface area contributed by atoms with Crippen molar-refractivity contribution in [3.63, 3.8) is 0 Å². The molecule has 0 aromatic heterocycles. The maximum atomic E-state index is 10.4. The molecule has 0 spiro atoms. The highest BCUT2D eigenvalue weighted by atomic mass is 127. The Morgan fingerprint density at radius 3 is 2.33 bits per heavy atom. The van der Waals surface area contributed by atoms with Gasteiger partial charge in [0.2, 0.25) is 0 Å². The van der Waals surface area contributed by atoms with Crippen molar-refractivity contribution in [2.24, 2.45) is 11.3 Å². The van der Waals surface area contributed by atoms with Crippen LogP contribution in [0.3, 0.4) is 0 Å². The standard InChI is InChI=1S/C16H23IO/c1-16(2)9-7-13(8-10-16)15(18)11-12-3-5-14(17)6-4-12/h3-6,13,15,18H,7-11H2,1-2H3. The maximum absolute atomic E-state index is 10.4. The number of hydrogen-bond acceptors (Lipinski definition) is 1. The molecule has 1 nitrogen and oxygen atoms in total. The molecule has 1 aromatic carbocycles. The molecule has 2 heteroatoms. The minimum atomic E-state index is -0.166. The Labute approximate surface area is 124 Å². The molecule has 1 aliphatic rings. The number of halogens is 1. The van der Waals surface area contributed by atoms with E-state index in [4.69, 9.17) is 0 Å². The van der Waals surface area contributed by atoms with Crippen molar-refractivity contribution in [1.82, 2.24) is 0 Å². The number of hydrogen-bond donors (Lipinski definition) is 1. The predicted molar refractivity (Wildman–Crippen MR) is 84.6 cm³/mol. The van der Waals surface area contributed by atoms with Crippen molar-refractivity contribution in [2.45, 2.75) is 52.1 Å². The topological polar surface area (TPSA) is 20.2 Å². The largest absolute Gasteiger partial charge is 0.392 e. The summed E-state index contributed by atoms with van der Waals surface area (Å²) in [6.45, 7) is 4.68. The van der Waals surface area contributed by atoms with Gasteiger partial charge < -0.3 is 5.11 Å². The van der Waals surface area contributed by atoms with Crippen molar-refractivity contribution in [2.75, 3.05) is 0 Å². The number of aliphatic hydroxyl groups is 1. The van der Waals surface area contributed by atoms with Crippen molar-refractivity contribution in [3.8, 4) is 0 Å². The first-order chi connectivity index (χ1) is 8.46. The molecule has 0 saturated heterocycles. The first kappa shape index (κ1) is 14.3. The number of benzene rings is 1. The average molecular weight is 358 g/mol. The lowest BCUT2D eigenvalue weighted by atomic mass is 9.71. The second-order valence-corrected chi connectivity index (χ2v) is 7.65. The molecule has 1 aliphatic carbocycles. The summed E-state index contributed by atoms with van der Waals surface area (Å²) in [4.78, 5) is 0. The lowest BCUT2D eigenvalue weighted by Gasteiger charge is -2.36. The highest BCUT2D eigenvalue weighted by Crippen LogP contribution is 2.39. The summed E-state index contributed by atoms with van der Waals surface area (Å²) in [6, 6.07) is 8.51. The number of rotatable bonds is 3. The van der Waals surface area contributed by atoms with Crippen molar-refractivity contribution in [1.29, 1.82) is 0 Å². The Balaban J connectivity index is 1.89. The van der Waals surface area contributed by atoms with E-state index in [-0.39, 0.29) is 6.10 Å². The summed E-state index contributed by atoms with van der Waals surface area (Å²) in [5.41, 5.74) is 1.74. The van der Waals surface area contributed by atoms with Gasteiger partial charge in [0, 0.05) is 3.57 Å². The minimum absolute atomic E-state index is 0.166. The summed E-state index contributed by atoms with van der Waals surface area (Å²) in [7, 11) is 0. The highest BCUT2D eigenvalue weighted by molar-refractivity contribution is 14.1. The van der Waals surface area contributed by atoms with E-state index in [0.717, 1.165) is 6.42 Å². The van der Waals surface area contributed by atoms with Gasteiger partial charge in [-0.1, -0.05) is 26.0 Å². The summed E-state index contributed by atoms with van der Waals surface area (Å²) < 4.78 is 1.25. The van der Waals surface area contributed by atoms with Gasteiger partial charge in [-0.3, -0.25) is 0 Å². The van der Waals surface area contributed by atoms with E-state index in [1.54, 1.807) is 0 Å². The van der Waals surface area contributed by atoms with Crippen LogP contribution in [0.25, 0.3) is 0 Å². The van der Waals surface area contributed by atoms with Crippen LogP contribution < -0.4 is 0 Å². The van der Waals surface area contributed by atoms with Crippen LogP contribution >= 0.6 is 22.6 Å². The molecule has 1 unspecified atom stereocenters.